The minimum Gasteiger partial charge on any atom is -0.345 e. The van der Waals surface area contributed by atoms with Gasteiger partial charge in [0.05, 0.1) is 0 Å². The van der Waals surface area contributed by atoms with Gasteiger partial charge in [0, 0.05) is 33.3 Å². The third-order valence-electron chi connectivity index (χ3n) is 1.62. The number of nitrogens with zero attached hydrogens (tertiary/aromatic N) is 1. The quantitative estimate of drug-likeness (QED) is 0.545. The Kier molecular flexibility index (Phi) is 5.46. The number of nitrogens with one attached hydrogen (secondary N) is 1. The largest absolute Gasteiger partial charge is 0.345 e. The van der Waals surface area contributed by atoms with Crippen molar-refractivity contribution < 1.29 is 4.79 Å². The van der Waals surface area contributed by atoms with Crippen molar-refractivity contribution in [2.45, 2.75) is 20.8 Å². The highest BCUT2D eigenvalue weighted by molar-refractivity contribution is 5.87. The summed E-state index contributed by atoms with van der Waals surface area (Å²) in [5.74, 6) is 0.0301. The molecule has 0 radical (unpaired) electrons. The van der Waals surface area contributed by atoms with E-state index in [1.807, 2.05) is 6.08 Å². The fourth-order valence-corrected chi connectivity index (χ4v) is 0.839. The molecule has 3 heteroatoms. The van der Waals surface area contributed by atoms with Crippen molar-refractivity contribution in [3.05, 3.63) is 12.2 Å². The molecule has 0 fully saturated rings. The van der Waals surface area contributed by atoms with Crippen LogP contribution in [-0.2, 0) is 4.79 Å². The molecule has 0 saturated carbocycles. The molecule has 14 heavy (non-hydrogen) atoms. The van der Waals surface area contributed by atoms with Gasteiger partial charge in [-0.15, -0.1) is 0 Å². The van der Waals surface area contributed by atoms with Gasteiger partial charge in [0.1, 0.15) is 0 Å². The van der Waals surface area contributed by atoms with E-state index in [1.54, 1.807) is 25.1 Å². The predicted octanol–water partition coefficient (Wildman–Crippen LogP) is 1.27. The van der Waals surface area contributed by atoms with E-state index in [4.69, 9.17) is 0 Å². The van der Waals surface area contributed by atoms with Gasteiger partial charge in [0.2, 0.25) is 5.91 Å². The zero-order valence-corrected chi connectivity index (χ0v) is 9.92. The van der Waals surface area contributed by atoms with Gasteiger partial charge in [-0.25, -0.2) is 0 Å². The van der Waals surface area contributed by atoms with E-state index < -0.39 is 0 Å². The smallest absolute Gasteiger partial charge is 0.245 e. The summed E-state index contributed by atoms with van der Waals surface area (Å²) in [6, 6.07) is 0. The van der Waals surface area contributed by atoms with Crippen molar-refractivity contribution in [3.63, 3.8) is 0 Å². The Labute approximate surface area is 87.2 Å². The Morgan fingerprint density at radius 2 is 1.93 bits per heavy atom. The van der Waals surface area contributed by atoms with E-state index in [1.165, 1.54) is 0 Å². The van der Waals surface area contributed by atoms with E-state index in [0.29, 0.717) is 5.41 Å². The number of rotatable bonds is 4. The molecule has 0 aromatic carbocycles. The third kappa shape index (κ3) is 7.80. The second-order valence-electron chi connectivity index (χ2n) is 4.83. The second-order valence-corrected chi connectivity index (χ2v) is 4.83. The van der Waals surface area contributed by atoms with Crippen LogP contribution in [0.4, 0.5) is 0 Å². The van der Waals surface area contributed by atoms with Crippen LogP contribution in [0.2, 0.25) is 0 Å². The molecule has 0 unspecified atom stereocenters. The van der Waals surface area contributed by atoms with Crippen LogP contribution >= 0.6 is 0 Å². The summed E-state index contributed by atoms with van der Waals surface area (Å²) in [6.45, 7) is 8.22. The Bertz CT molecular complexity index is 202. The standard InChI is InChI=1S/C11H22N2O/c1-11(2,3)9-12-8-6-7-10(14)13(4)5/h6-7,12H,8-9H2,1-5H3/b7-6+. The first-order valence-corrected chi connectivity index (χ1v) is 4.91. The summed E-state index contributed by atoms with van der Waals surface area (Å²) in [5.41, 5.74) is 0.291. The summed E-state index contributed by atoms with van der Waals surface area (Å²) in [4.78, 5) is 12.7. The molecular formula is C11H22N2O. The Balaban J connectivity index is 3.60. The van der Waals surface area contributed by atoms with Gasteiger partial charge in [-0.2, -0.15) is 0 Å². The molecule has 0 heterocycles. The van der Waals surface area contributed by atoms with Gasteiger partial charge >= 0.3 is 0 Å². The Morgan fingerprint density at radius 1 is 1.36 bits per heavy atom. The second kappa shape index (κ2) is 5.81. The molecule has 1 amide bonds. The number of carbonyl (C=O) groups is 1. The minimum absolute atomic E-state index is 0.0301. The van der Waals surface area contributed by atoms with E-state index >= 15 is 0 Å². The average Bonchev–Trinajstić information content (AvgIpc) is 2.01. The van der Waals surface area contributed by atoms with Gasteiger partial charge < -0.3 is 10.2 Å². The first kappa shape index (κ1) is 13.2. The number of hydrogen-bond acceptors (Lipinski definition) is 2. The van der Waals surface area contributed by atoms with Gasteiger partial charge in [0.15, 0.2) is 0 Å². The van der Waals surface area contributed by atoms with Crippen LogP contribution in [0, 0.1) is 5.41 Å². The fraction of sp³-hybridized carbons (Fsp3) is 0.727. The van der Waals surface area contributed by atoms with Crippen LogP contribution in [-0.4, -0.2) is 38.0 Å². The number of carbonyl (C=O) groups excluding carboxylic acids is 1. The molecule has 0 atom stereocenters. The molecule has 0 aliphatic rings. The molecule has 0 aromatic heterocycles. The molecule has 0 rings (SSSR count). The van der Waals surface area contributed by atoms with E-state index in [-0.39, 0.29) is 5.91 Å². The number of likely N-dealkylation sites (N-methyl/N-ethyl adjacent to an activating group) is 1. The summed E-state index contributed by atoms with van der Waals surface area (Å²) in [5, 5.41) is 3.26. The van der Waals surface area contributed by atoms with E-state index in [2.05, 4.69) is 26.1 Å². The lowest BCUT2D eigenvalue weighted by Crippen LogP contribution is -2.27. The number of hydrogen-bond donors (Lipinski definition) is 1. The highest BCUT2D eigenvalue weighted by Gasteiger charge is 2.07. The van der Waals surface area contributed by atoms with E-state index in [0.717, 1.165) is 13.1 Å². The molecule has 0 spiro atoms. The van der Waals surface area contributed by atoms with Crippen molar-refractivity contribution >= 4 is 5.91 Å². The zero-order chi connectivity index (χ0) is 11.2. The third-order valence-corrected chi connectivity index (χ3v) is 1.62. The van der Waals surface area contributed by atoms with Gasteiger partial charge in [-0.3, -0.25) is 4.79 Å². The summed E-state index contributed by atoms with van der Waals surface area (Å²) < 4.78 is 0. The van der Waals surface area contributed by atoms with Crippen molar-refractivity contribution in [2.24, 2.45) is 5.41 Å². The minimum atomic E-state index is 0.0301. The van der Waals surface area contributed by atoms with Crippen molar-refractivity contribution in [3.8, 4) is 0 Å². The van der Waals surface area contributed by atoms with Crippen molar-refractivity contribution in [1.82, 2.24) is 10.2 Å². The molecule has 82 valence electrons. The topological polar surface area (TPSA) is 32.3 Å². The first-order valence-electron chi connectivity index (χ1n) is 4.91. The summed E-state index contributed by atoms with van der Waals surface area (Å²) in [6.07, 6.45) is 3.45. The maximum atomic E-state index is 11.1. The molecule has 0 aliphatic heterocycles. The van der Waals surface area contributed by atoms with Crippen molar-refractivity contribution in [2.75, 3.05) is 27.2 Å². The average molecular weight is 198 g/mol. The maximum absolute atomic E-state index is 11.1. The molecule has 0 saturated heterocycles. The normalized spacial score (nSPS) is 12.1. The zero-order valence-electron chi connectivity index (χ0n) is 9.92. The molecule has 0 bridgehead atoms. The predicted molar refractivity (Wildman–Crippen MR) is 60.2 cm³/mol. The lowest BCUT2D eigenvalue weighted by molar-refractivity contribution is -0.123. The fourth-order valence-electron chi connectivity index (χ4n) is 0.839. The highest BCUT2D eigenvalue weighted by Crippen LogP contribution is 2.09. The molecule has 3 nitrogen and oxygen atoms in total. The van der Waals surface area contributed by atoms with Crippen LogP contribution in [0.3, 0.4) is 0 Å². The Hall–Kier alpha value is -0.830. The number of amides is 1. The summed E-state index contributed by atoms with van der Waals surface area (Å²) >= 11 is 0. The molecular weight excluding hydrogens is 176 g/mol. The monoisotopic (exact) mass is 198 g/mol. The lowest BCUT2D eigenvalue weighted by Gasteiger charge is -2.17. The van der Waals surface area contributed by atoms with Crippen LogP contribution in [0.15, 0.2) is 12.2 Å². The van der Waals surface area contributed by atoms with Crippen LogP contribution in [0.5, 0.6) is 0 Å². The van der Waals surface area contributed by atoms with E-state index in [9.17, 15) is 4.79 Å². The van der Waals surface area contributed by atoms with Crippen molar-refractivity contribution in [1.29, 1.82) is 0 Å². The molecule has 0 aliphatic carbocycles. The van der Waals surface area contributed by atoms with Crippen LogP contribution in [0.25, 0.3) is 0 Å². The lowest BCUT2D eigenvalue weighted by atomic mass is 9.97. The molecule has 0 aromatic rings. The highest BCUT2D eigenvalue weighted by atomic mass is 16.2. The SMILES string of the molecule is CN(C)C(=O)/C=C/CNCC(C)(C)C. The Morgan fingerprint density at radius 3 is 2.36 bits per heavy atom. The van der Waals surface area contributed by atoms with Crippen LogP contribution in [0.1, 0.15) is 20.8 Å². The van der Waals surface area contributed by atoms with Gasteiger partial charge in [-0.05, 0) is 5.41 Å². The molecule has 1 N–H and O–H groups in total. The summed E-state index contributed by atoms with van der Waals surface area (Å²) in [7, 11) is 3.49. The van der Waals surface area contributed by atoms with Gasteiger partial charge in [0.25, 0.3) is 0 Å². The van der Waals surface area contributed by atoms with Crippen LogP contribution < -0.4 is 5.32 Å². The first-order chi connectivity index (χ1) is 6.33. The maximum Gasteiger partial charge on any atom is 0.245 e. The van der Waals surface area contributed by atoms with Gasteiger partial charge in [-0.1, -0.05) is 26.8 Å².